The van der Waals surface area contributed by atoms with Crippen molar-refractivity contribution < 1.29 is 34.1 Å². The molecular formula is C28H40IN3O7. The van der Waals surface area contributed by atoms with Gasteiger partial charge >= 0.3 is 5.97 Å². The summed E-state index contributed by atoms with van der Waals surface area (Å²) in [6, 6.07) is 1.50. The Labute approximate surface area is 243 Å². The van der Waals surface area contributed by atoms with E-state index in [-0.39, 0.29) is 24.0 Å². The summed E-state index contributed by atoms with van der Waals surface area (Å²) in [6.45, 7) is 8.31. The van der Waals surface area contributed by atoms with Crippen LogP contribution >= 0.6 is 22.6 Å². The molecule has 0 fully saturated rings. The van der Waals surface area contributed by atoms with Crippen LogP contribution in [-0.2, 0) is 30.3 Å². The lowest BCUT2D eigenvalue weighted by Crippen LogP contribution is -2.58. The highest BCUT2D eigenvalue weighted by Crippen LogP contribution is 2.22. The van der Waals surface area contributed by atoms with Gasteiger partial charge in [0, 0.05) is 19.4 Å². The van der Waals surface area contributed by atoms with Crippen molar-refractivity contribution in [3.8, 4) is 5.75 Å². The minimum Gasteiger partial charge on any atom is -0.507 e. The van der Waals surface area contributed by atoms with Crippen molar-refractivity contribution in [1.82, 2.24) is 15.5 Å². The smallest absolute Gasteiger partial charge is 0.328 e. The number of halogens is 1. The number of aromatic hydroxyl groups is 1. The number of esters is 1. The van der Waals surface area contributed by atoms with E-state index in [0.29, 0.717) is 22.0 Å². The molecule has 1 unspecified atom stereocenters. The van der Waals surface area contributed by atoms with E-state index in [1.807, 2.05) is 42.5 Å². The molecule has 11 heteroatoms. The fourth-order valence-electron chi connectivity index (χ4n) is 4.64. The van der Waals surface area contributed by atoms with E-state index in [2.05, 4.69) is 10.6 Å². The normalized spacial score (nSPS) is 29.8. The highest BCUT2D eigenvalue weighted by molar-refractivity contribution is 14.1. The third kappa shape index (κ3) is 9.48. The Morgan fingerprint density at radius 2 is 1.74 bits per heavy atom. The van der Waals surface area contributed by atoms with Gasteiger partial charge in [0.05, 0.1) is 16.3 Å². The summed E-state index contributed by atoms with van der Waals surface area (Å²) in [4.78, 5) is 53.7. The molecule has 1 aromatic carbocycles. The second-order valence-electron chi connectivity index (χ2n) is 10.5. The number of rotatable bonds is 3. The molecule has 0 aliphatic carbocycles. The van der Waals surface area contributed by atoms with Gasteiger partial charge in [0.25, 0.3) is 0 Å². The molecule has 6 atom stereocenters. The van der Waals surface area contributed by atoms with Gasteiger partial charge < -0.3 is 30.5 Å². The van der Waals surface area contributed by atoms with Gasteiger partial charge in [-0.05, 0) is 79.8 Å². The minimum atomic E-state index is -1.26. The maximum atomic E-state index is 13.4. The molecule has 0 saturated heterocycles. The van der Waals surface area contributed by atoms with Crippen LogP contribution in [0.1, 0.15) is 53.0 Å². The molecule has 39 heavy (non-hydrogen) atoms. The number of allylic oxidation sites excluding steroid dienone is 2. The van der Waals surface area contributed by atoms with Crippen LogP contribution in [-0.4, -0.2) is 76.7 Å². The van der Waals surface area contributed by atoms with Crippen molar-refractivity contribution >= 4 is 46.3 Å². The number of benzene rings is 1. The van der Waals surface area contributed by atoms with Crippen LogP contribution in [0.25, 0.3) is 0 Å². The molecule has 1 aliphatic rings. The number of carbonyl (C=O) groups excluding carboxylic acids is 4. The second kappa shape index (κ2) is 14.6. The van der Waals surface area contributed by atoms with E-state index in [0.717, 1.165) is 10.5 Å². The van der Waals surface area contributed by atoms with E-state index in [4.69, 9.17) is 4.74 Å². The molecule has 1 aliphatic heterocycles. The number of hydrogen-bond donors (Lipinski definition) is 4. The number of hydrogen-bond acceptors (Lipinski definition) is 7. The predicted molar refractivity (Wildman–Crippen MR) is 155 cm³/mol. The van der Waals surface area contributed by atoms with Crippen LogP contribution in [0.3, 0.4) is 0 Å². The fourth-order valence-corrected chi connectivity index (χ4v) is 5.22. The molecule has 0 aromatic heterocycles. The quantitative estimate of drug-likeness (QED) is 0.222. The Morgan fingerprint density at radius 1 is 1.08 bits per heavy atom. The number of phenolic OH excluding ortho intramolecular Hbond substituents is 1. The van der Waals surface area contributed by atoms with E-state index in [9.17, 15) is 29.4 Å². The number of carbonyl (C=O) groups is 4. The third-order valence-electron chi connectivity index (χ3n) is 6.73. The Bertz CT molecular complexity index is 1090. The maximum Gasteiger partial charge on any atom is 0.328 e. The third-order valence-corrected chi connectivity index (χ3v) is 7.60. The highest BCUT2D eigenvalue weighted by atomic mass is 127. The van der Waals surface area contributed by atoms with Gasteiger partial charge in [-0.3, -0.25) is 14.4 Å². The first kappa shape index (κ1) is 32.5. The summed E-state index contributed by atoms with van der Waals surface area (Å²) < 4.78 is 6.14. The molecule has 216 valence electrons. The van der Waals surface area contributed by atoms with Crippen LogP contribution in [0.2, 0.25) is 0 Å². The van der Waals surface area contributed by atoms with Gasteiger partial charge in [0.1, 0.15) is 23.9 Å². The molecule has 10 nitrogen and oxygen atoms in total. The van der Waals surface area contributed by atoms with Crippen molar-refractivity contribution in [3.05, 3.63) is 39.0 Å². The molecule has 0 bridgehead atoms. The Morgan fingerprint density at radius 3 is 2.36 bits per heavy atom. The molecular weight excluding hydrogens is 617 g/mol. The number of likely N-dealkylation sites (N-methyl/N-ethyl adjacent to an activating group) is 1. The highest BCUT2D eigenvalue weighted by Gasteiger charge is 2.34. The van der Waals surface area contributed by atoms with Crippen LogP contribution in [0.4, 0.5) is 0 Å². The van der Waals surface area contributed by atoms with Gasteiger partial charge in [0.15, 0.2) is 0 Å². The first-order valence-corrected chi connectivity index (χ1v) is 14.1. The molecule has 1 heterocycles. The summed E-state index contributed by atoms with van der Waals surface area (Å²) in [5.41, 5.74) is 1.65. The number of nitrogens with zero attached hydrogens (tertiary/aromatic N) is 1. The summed E-state index contributed by atoms with van der Waals surface area (Å²) in [6.07, 6.45) is 2.71. The van der Waals surface area contributed by atoms with Crippen LogP contribution < -0.4 is 10.6 Å². The number of aliphatic hydroxyl groups excluding tert-OH is 1. The fraction of sp³-hybridized carbons (Fsp3) is 0.571. The van der Waals surface area contributed by atoms with E-state index < -0.39 is 54.5 Å². The summed E-state index contributed by atoms with van der Waals surface area (Å²) in [5, 5.41) is 25.1. The Balaban J connectivity index is 2.44. The minimum absolute atomic E-state index is 0.0620. The second-order valence-corrected chi connectivity index (χ2v) is 11.7. The molecule has 0 saturated carbocycles. The molecule has 0 radical (unpaired) electrons. The number of phenols is 1. The standard InChI is InChI=1S/C28H40IN3O7/c1-15-9-16(2)11-18(4)39-28(38)19(5)30-26(36)23(13-20-7-8-24(34)21(29)12-20)32(6)27(37)22(14-33)31-25(35)17(3)10-15/h7-9,12,16-19,22-23,33-34H,10-11,13-14H2,1-6H3,(H,30,36)(H,31,35)/b15-9+/t16-,17-,18-,19-,22?,23+/m0/s1. The zero-order valence-electron chi connectivity index (χ0n) is 23.4. The van der Waals surface area contributed by atoms with Crippen LogP contribution in [0.15, 0.2) is 29.8 Å². The summed E-state index contributed by atoms with van der Waals surface area (Å²) in [7, 11) is 1.41. The molecule has 1 aromatic rings. The van der Waals surface area contributed by atoms with Crippen LogP contribution in [0.5, 0.6) is 5.75 Å². The predicted octanol–water partition coefficient (Wildman–Crippen LogP) is 2.29. The number of ether oxygens (including phenoxy) is 1. The molecule has 3 amide bonds. The van der Waals surface area contributed by atoms with Crippen molar-refractivity contribution in [2.24, 2.45) is 11.8 Å². The van der Waals surface area contributed by atoms with Gasteiger partial charge in [-0.15, -0.1) is 0 Å². The SMILES string of the molecule is C/C1=C\[C@H](C)C[C@H](C)OC(=O)[C@H](C)NC(=O)[C@@H](Cc2ccc(O)c(I)c2)N(C)C(=O)C(CO)NC(=O)[C@@H](C)C1. The Hall–Kier alpha value is -2.67. The van der Waals surface area contributed by atoms with Gasteiger partial charge in [-0.2, -0.15) is 0 Å². The molecule has 2 rings (SSSR count). The van der Waals surface area contributed by atoms with Crippen molar-refractivity contribution in [2.45, 2.75) is 78.1 Å². The monoisotopic (exact) mass is 657 g/mol. The lowest BCUT2D eigenvalue weighted by atomic mass is 9.95. The zero-order chi connectivity index (χ0) is 29.4. The van der Waals surface area contributed by atoms with Gasteiger partial charge in [-0.25, -0.2) is 4.79 Å². The number of cyclic esters (lactones) is 1. The topological polar surface area (TPSA) is 145 Å². The summed E-state index contributed by atoms with van der Waals surface area (Å²) >= 11 is 1.96. The van der Waals surface area contributed by atoms with Gasteiger partial charge in [0.2, 0.25) is 17.7 Å². The number of aliphatic hydroxyl groups is 1. The van der Waals surface area contributed by atoms with E-state index in [1.165, 1.54) is 20.0 Å². The van der Waals surface area contributed by atoms with Crippen molar-refractivity contribution in [3.63, 3.8) is 0 Å². The Kier molecular flexibility index (Phi) is 12.2. The lowest BCUT2D eigenvalue weighted by molar-refractivity contribution is -0.153. The summed E-state index contributed by atoms with van der Waals surface area (Å²) in [5.74, 6) is -2.54. The first-order valence-electron chi connectivity index (χ1n) is 13.1. The molecule has 4 N–H and O–H groups in total. The lowest BCUT2D eigenvalue weighted by Gasteiger charge is -2.31. The average Bonchev–Trinajstić information content (AvgIpc) is 2.85. The molecule has 0 spiro atoms. The van der Waals surface area contributed by atoms with Crippen molar-refractivity contribution in [2.75, 3.05) is 13.7 Å². The largest absolute Gasteiger partial charge is 0.507 e. The maximum absolute atomic E-state index is 13.4. The average molecular weight is 658 g/mol. The van der Waals surface area contributed by atoms with Gasteiger partial charge in [-0.1, -0.05) is 31.6 Å². The number of amides is 3. The van der Waals surface area contributed by atoms with E-state index in [1.54, 1.807) is 26.0 Å². The van der Waals surface area contributed by atoms with Crippen molar-refractivity contribution in [1.29, 1.82) is 0 Å². The van der Waals surface area contributed by atoms with Crippen LogP contribution in [0, 0.1) is 15.4 Å². The number of nitrogens with one attached hydrogen (secondary N) is 2. The van der Waals surface area contributed by atoms with E-state index >= 15 is 0 Å². The first-order chi connectivity index (χ1) is 18.2. The zero-order valence-corrected chi connectivity index (χ0v) is 25.5.